The van der Waals surface area contributed by atoms with Gasteiger partial charge in [0.05, 0.1) is 4.88 Å². The lowest BCUT2D eigenvalue weighted by molar-refractivity contribution is -0.119. The first-order chi connectivity index (χ1) is 11.1. The first-order valence-corrected chi connectivity index (χ1v) is 9.40. The van der Waals surface area contributed by atoms with Gasteiger partial charge in [0.2, 0.25) is 5.91 Å². The molecule has 3 heterocycles. The molecule has 0 unspecified atom stereocenters. The number of anilines is 1. The van der Waals surface area contributed by atoms with Gasteiger partial charge >= 0.3 is 0 Å². The van der Waals surface area contributed by atoms with Gasteiger partial charge in [-0.1, -0.05) is 6.92 Å². The first-order valence-electron chi connectivity index (χ1n) is 7.70. The maximum Gasteiger partial charge on any atom is 0.264 e. The van der Waals surface area contributed by atoms with E-state index in [4.69, 9.17) is 0 Å². The zero-order valence-electron chi connectivity index (χ0n) is 13.2. The molecule has 1 atom stereocenters. The summed E-state index contributed by atoms with van der Waals surface area (Å²) in [5, 5.41) is 5.20. The van der Waals surface area contributed by atoms with Gasteiger partial charge in [0.15, 0.2) is 5.13 Å². The average Bonchev–Trinajstić information content (AvgIpc) is 3.26. The van der Waals surface area contributed by atoms with Crippen LogP contribution in [0.15, 0.2) is 17.6 Å². The lowest BCUT2D eigenvalue weighted by atomic mass is 10.2. The third-order valence-electron chi connectivity index (χ3n) is 4.09. The second-order valence-corrected chi connectivity index (χ2v) is 7.68. The van der Waals surface area contributed by atoms with E-state index in [1.807, 2.05) is 18.4 Å². The van der Waals surface area contributed by atoms with Gasteiger partial charge in [-0.25, -0.2) is 4.98 Å². The number of carbonyl (C=O) groups is 2. The lowest BCUT2D eigenvalue weighted by Crippen LogP contribution is -2.42. The largest absolute Gasteiger partial charge is 0.326 e. The quantitative estimate of drug-likeness (QED) is 0.921. The van der Waals surface area contributed by atoms with E-state index in [9.17, 15) is 9.59 Å². The van der Waals surface area contributed by atoms with E-state index in [1.54, 1.807) is 11.1 Å². The van der Waals surface area contributed by atoms with Gasteiger partial charge < -0.3 is 10.2 Å². The highest BCUT2D eigenvalue weighted by Crippen LogP contribution is 2.27. The average molecular weight is 349 g/mol. The molecule has 1 fully saturated rings. The van der Waals surface area contributed by atoms with E-state index in [-0.39, 0.29) is 11.8 Å². The predicted molar refractivity (Wildman–Crippen MR) is 93.2 cm³/mol. The first kappa shape index (κ1) is 16.1. The molecule has 7 heteroatoms. The third kappa shape index (κ3) is 3.30. The maximum absolute atomic E-state index is 12.8. The van der Waals surface area contributed by atoms with Crippen LogP contribution in [-0.2, 0) is 11.2 Å². The van der Waals surface area contributed by atoms with Gasteiger partial charge in [0.25, 0.3) is 5.91 Å². The summed E-state index contributed by atoms with van der Waals surface area (Å²) in [7, 11) is 0. The molecular formula is C16H19N3O2S2. The smallest absolute Gasteiger partial charge is 0.264 e. The van der Waals surface area contributed by atoms with Crippen molar-refractivity contribution in [1.29, 1.82) is 0 Å². The van der Waals surface area contributed by atoms with Gasteiger partial charge in [-0.05, 0) is 37.8 Å². The van der Waals surface area contributed by atoms with Crippen molar-refractivity contribution in [2.75, 3.05) is 11.9 Å². The number of carbonyl (C=O) groups excluding carboxylic acids is 2. The Morgan fingerprint density at radius 1 is 1.48 bits per heavy atom. The van der Waals surface area contributed by atoms with E-state index in [1.165, 1.54) is 33.1 Å². The third-order valence-corrected chi connectivity index (χ3v) is 5.86. The minimum absolute atomic E-state index is 0.0328. The molecule has 2 amide bonds. The van der Waals surface area contributed by atoms with Crippen LogP contribution in [0.1, 0.15) is 39.9 Å². The van der Waals surface area contributed by atoms with Crippen LogP contribution in [0.25, 0.3) is 0 Å². The van der Waals surface area contributed by atoms with Gasteiger partial charge in [0, 0.05) is 23.0 Å². The van der Waals surface area contributed by atoms with Crippen molar-refractivity contribution in [3.05, 3.63) is 33.0 Å². The normalized spacial score (nSPS) is 17.5. The van der Waals surface area contributed by atoms with Crippen LogP contribution >= 0.6 is 22.7 Å². The molecule has 0 saturated carbocycles. The van der Waals surface area contributed by atoms with Gasteiger partial charge in [0.1, 0.15) is 6.04 Å². The molecular weight excluding hydrogens is 330 g/mol. The molecule has 3 rings (SSSR count). The number of aromatic nitrogens is 1. The SMILES string of the molecule is CCc1cc(C(=O)N2CCC[C@H]2C(=O)Nc2nccs2)sc1C. The second kappa shape index (κ2) is 6.80. The van der Waals surface area contributed by atoms with E-state index in [0.717, 1.165) is 17.7 Å². The highest BCUT2D eigenvalue weighted by atomic mass is 32.1. The molecule has 2 aromatic rings. The van der Waals surface area contributed by atoms with E-state index in [0.29, 0.717) is 18.1 Å². The number of likely N-dealkylation sites (tertiary alicyclic amines) is 1. The fourth-order valence-corrected chi connectivity index (χ4v) is 4.48. The summed E-state index contributed by atoms with van der Waals surface area (Å²) in [4.78, 5) is 32.9. The number of rotatable bonds is 4. The highest BCUT2D eigenvalue weighted by Gasteiger charge is 2.35. The van der Waals surface area contributed by atoms with Crippen LogP contribution in [0.4, 0.5) is 5.13 Å². The molecule has 5 nitrogen and oxygen atoms in total. The number of aryl methyl sites for hydroxylation is 2. The molecule has 1 aliphatic rings. The zero-order chi connectivity index (χ0) is 16.4. The van der Waals surface area contributed by atoms with Gasteiger partial charge in [-0.15, -0.1) is 22.7 Å². The number of nitrogens with zero attached hydrogens (tertiary/aromatic N) is 2. The standard InChI is InChI=1S/C16H19N3O2S2/c1-3-11-9-13(23-10(11)2)15(21)19-7-4-5-12(19)14(20)18-16-17-6-8-22-16/h6,8-9,12H,3-5,7H2,1-2H3,(H,17,18,20)/t12-/m0/s1. The predicted octanol–water partition coefficient (Wildman–Crippen LogP) is 3.32. The van der Waals surface area contributed by atoms with Gasteiger partial charge in [-0.2, -0.15) is 0 Å². The van der Waals surface area contributed by atoms with Crippen molar-refractivity contribution in [2.45, 2.75) is 39.2 Å². The molecule has 0 aromatic carbocycles. The van der Waals surface area contributed by atoms with Crippen LogP contribution in [0.3, 0.4) is 0 Å². The Morgan fingerprint density at radius 3 is 2.96 bits per heavy atom. The summed E-state index contributed by atoms with van der Waals surface area (Å²) in [5.41, 5.74) is 1.21. The molecule has 0 bridgehead atoms. The van der Waals surface area contributed by atoms with Crippen LogP contribution < -0.4 is 5.32 Å². The van der Waals surface area contributed by atoms with Crippen molar-refractivity contribution < 1.29 is 9.59 Å². The summed E-state index contributed by atoms with van der Waals surface area (Å²) in [5.74, 6) is -0.176. The number of hydrogen-bond donors (Lipinski definition) is 1. The number of nitrogens with one attached hydrogen (secondary N) is 1. The van der Waals surface area contributed by atoms with Crippen LogP contribution in [0, 0.1) is 6.92 Å². The Balaban J connectivity index is 1.75. The van der Waals surface area contributed by atoms with E-state index >= 15 is 0 Å². The number of hydrogen-bond acceptors (Lipinski definition) is 5. The lowest BCUT2D eigenvalue weighted by Gasteiger charge is -2.22. The summed E-state index contributed by atoms with van der Waals surface area (Å²) < 4.78 is 0. The van der Waals surface area contributed by atoms with Crippen molar-refractivity contribution in [1.82, 2.24) is 9.88 Å². The summed E-state index contributed by atoms with van der Waals surface area (Å²) in [6.45, 7) is 4.76. The fraction of sp³-hybridized carbons (Fsp3) is 0.438. The Labute approximate surface area is 143 Å². The number of thiazole rings is 1. The Bertz CT molecular complexity index is 709. The maximum atomic E-state index is 12.8. The Morgan fingerprint density at radius 2 is 2.30 bits per heavy atom. The van der Waals surface area contributed by atoms with E-state index < -0.39 is 6.04 Å². The minimum Gasteiger partial charge on any atom is -0.326 e. The van der Waals surface area contributed by atoms with Gasteiger partial charge in [-0.3, -0.25) is 9.59 Å². The van der Waals surface area contributed by atoms with Crippen LogP contribution in [0.5, 0.6) is 0 Å². The Kier molecular flexibility index (Phi) is 4.77. The molecule has 1 saturated heterocycles. The summed E-state index contributed by atoms with van der Waals surface area (Å²) in [6, 6.07) is 1.56. The molecule has 0 radical (unpaired) electrons. The monoisotopic (exact) mass is 349 g/mol. The minimum atomic E-state index is -0.404. The fourth-order valence-electron chi connectivity index (χ4n) is 2.87. The molecule has 1 aliphatic heterocycles. The summed E-state index contributed by atoms with van der Waals surface area (Å²) in [6.07, 6.45) is 4.13. The van der Waals surface area contributed by atoms with Crippen LogP contribution in [-0.4, -0.2) is 34.3 Å². The zero-order valence-corrected chi connectivity index (χ0v) is 14.8. The molecule has 23 heavy (non-hydrogen) atoms. The van der Waals surface area contributed by atoms with Crippen molar-refractivity contribution >= 4 is 39.6 Å². The van der Waals surface area contributed by atoms with Crippen molar-refractivity contribution in [2.24, 2.45) is 0 Å². The molecule has 0 aliphatic carbocycles. The number of thiophene rings is 1. The molecule has 0 spiro atoms. The second-order valence-electron chi connectivity index (χ2n) is 5.53. The highest BCUT2D eigenvalue weighted by molar-refractivity contribution is 7.14. The van der Waals surface area contributed by atoms with Crippen molar-refractivity contribution in [3.63, 3.8) is 0 Å². The molecule has 2 aromatic heterocycles. The molecule has 1 N–H and O–H groups in total. The molecule has 122 valence electrons. The van der Waals surface area contributed by atoms with Crippen LogP contribution in [0.2, 0.25) is 0 Å². The van der Waals surface area contributed by atoms with E-state index in [2.05, 4.69) is 17.2 Å². The summed E-state index contributed by atoms with van der Waals surface area (Å²) >= 11 is 2.90. The Hall–Kier alpha value is -1.73. The number of amides is 2. The van der Waals surface area contributed by atoms with Crippen molar-refractivity contribution in [3.8, 4) is 0 Å². The topological polar surface area (TPSA) is 62.3 Å².